The number of hydrogen-bond donors (Lipinski definition) is 1. The fourth-order valence-corrected chi connectivity index (χ4v) is 2.13. The molecule has 82 valence electrons. The molecule has 1 aromatic carbocycles. The number of rotatable bonds is 2. The zero-order valence-electron chi connectivity index (χ0n) is 8.87. The van der Waals surface area contributed by atoms with Gasteiger partial charge in [0.2, 0.25) is 0 Å². The molecule has 3 heteroatoms. The van der Waals surface area contributed by atoms with E-state index in [1.807, 2.05) is 13.0 Å². The standard InChI is InChI=1S/C12H16FNO/c1-12(14,9-6-7-15-8-9)10-4-2-3-5-11(10)13/h2-5,9H,6-8,14H2,1H3. The van der Waals surface area contributed by atoms with Crippen molar-refractivity contribution in [3.05, 3.63) is 35.6 Å². The van der Waals surface area contributed by atoms with Crippen LogP contribution >= 0.6 is 0 Å². The van der Waals surface area contributed by atoms with Gasteiger partial charge in [0.15, 0.2) is 0 Å². The smallest absolute Gasteiger partial charge is 0.128 e. The second-order valence-corrected chi connectivity index (χ2v) is 4.32. The maximum atomic E-state index is 13.6. The minimum Gasteiger partial charge on any atom is -0.381 e. The van der Waals surface area contributed by atoms with Crippen molar-refractivity contribution in [1.29, 1.82) is 0 Å². The number of halogens is 1. The summed E-state index contributed by atoms with van der Waals surface area (Å²) in [6.45, 7) is 3.23. The van der Waals surface area contributed by atoms with Crippen LogP contribution in [0.1, 0.15) is 18.9 Å². The topological polar surface area (TPSA) is 35.2 Å². The molecule has 1 saturated heterocycles. The Hall–Kier alpha value is -0.930. The van der Waals surface area contributed by atoms with Crippen LogP contribution in [0.2, 0.25) is 0 Å². The van der Waals surface area contributed by atoms with Crippen LogP contribution in [-0.2, 0) is 10.3 Å². The van der Waals surface area contributed by atoms with Crippen LogP contribution in [-0.4, -0.2) is 13.2 Å². The van der Waals surface area contributed by atoms with Crippen molar-refractivity contribution >= 4 is 0 Å². The molecule has 1 aromatic rings. The van der Waals surface area contributed by atoms with Crippen molar-refractivity contribution in [3.63, 3.8) is 0 Å². The molecular formula is C12H16FNO. The molecule has 0 radical (unpaired) electrons. The fourth-order valence-electron chi connectivity index (χ4n) is 2.13. The van der Waals surface area contributed by atoms with Gasteiger partial charge in [-0.15, -0.1) is 0 Å². The van der Waals surface area contributed by atoms with E-state index in [2.05, 4.69) is 0 Å². The molecule has 2 atom stereocenters. The Morgan fingerprint density at radius 3 is 2.80 bits per heavy atom. The molecule has 0 aliphatic carbocycles. The number of nitrogens with two attached hydrogens (primary N) is 1. The van der Waals surface area contributed by atoms with E-state index in [4.69, 9.17) is 10.5 Å². The van der Waals surface area contributed by atoms with Crippen LogP contribution in [0.15, 0.2) is 24.3 Å². The third-order valence-corrected chi connectivity index (χ3v) is 3.23. The molecule has 0 saturated carbocycles. The van der Waals surface area contributed by atoms with Crippen molar-refractivity contribution < 1.29 is 9.13 Å². The average Bonchev–Trinajstić information content (AvgIpc) is 2.71. The number of ether oxygens (including phenoxy) is 1. The van der Waals surface area contributed by atoms with Crippen LogP contribution in [0.5, 0.6) is 0 Å². The molecule has 1 heterocycles. The van der Waals surface area contributed by atoms with E-state index < -0.39 is 5.54 Å². The quantitative estimate of drug-likeness (QED) is 0.809. The van der Waals surface area contributed by atoms with E-state index in [9.17, 15) is 4.39 Å². The summed E-state index contributed by atoms with van der Waals surface area (Å²) in [4.78, 5) is 0. The van der Waals surface area contributed by atoms with Gasteiger partial charge in [0.25, 0.3) is 0 Å². The molecule has 1 aliphatic rings. The summed E-state index contributed by atoms with van der Waals surface area (Å²) >= 11 is 0. The predicted octanol–water partition coefficient (Wildman–Crippen LogP) is 2.04. The summed E-state index contributed by atoms with van der Waals surface area (Å²) in [6, 6.07) is 6.71. The van der Waals surface area contributed by atoms with Crippen molar-refractivity contribution in [2.75, 3.05) is 13.2 Å². The minimum atomic E-state index is -0.637. The highest BCUT2D eigenvalue weighted by Gasteiger charge is 2.36. The molecule has 2 unspecified atom stereocenters. The van der Waals surface area contributed by atoms with Crippen LogP contribution in [0, 0.1) is 11.7 Å². The van der Waals surface area contributed by atoms with E-state index in [-0.39, 0.29) is 11.7 Å². The fraction of sp³-hybridized carbons (Fsp3) is 0.500. The second-order valence-electron chi connectivity index (χ2n) is 4.32. The van der Waals surface area contributed by atoms with Crippen LogP contribution in [0.3, 0.4) is 0 Å². The lowest BCUT2D eigenvalue weighted by Gasteiger charge is -2.31. The van der Waals surface area contributed by atoms with Gasteiger partial charge in [-0.3, -0.25) is 0 Å². The van der Waals surface area contributed by atoms with Gasteiger partial charge in [-0.05, 0) is 19.4 Å². The van der Waals surface area contributed by atoms with E-state index >= 15 is 0 Å². The molecule has 0 spiro atoms. The highest BCUT2D eigenvalue weighted by Crippen LogP contribution is 2.33. The van der Waals surface area contributed by atoms with E-state index in [0.717, 1.165) is 13.0 Å². The summed E-state index contributed by atoms with van der Waals surface area (Å²) < 4.78 is 18.9. The second kappa shape index (κ2) is 3.91. The molecule has 0 aromatic heterocycles. The molecular weight excluding hydrogens is 193 g/mol. The summed E-state index contributed by atoms with van der Waals surface area (Å²) in [6.07, 6.45) is 0.904. The lowest BCUT2D eigenvalue weighted by Crippen LogP contribution is -2.42. The van der Waals surface area contributed by atoms with E-state index in [1.54, 1.807) is 12.1 Å². The lowest BCUT2D eigenvalue weighted by atomic mass is 9.80. The zero-order chi connectivity index (χ0) is 10.9. The Labute approximate surface area is 89.2 Å². The highest BCUT2D eigenvalue weighted by atomic mass is 19.1. The van der Waals surface area contributed by atoms with Gasteiger partial charge >= 0.3 is 0 Å². The first-order valence-electron chi connectivity index (χ1n) is 5.24. The van der Waals surface area contributed by atoms with Gasteiger partial charge in [-0.2, -0.15) is 0 Å². The molecule has 1 aliphatic heterocycles. The monoisotopic (exact) mass is 209 g/mol. The third kappa shape index (κ3) is 1.90. The largest absolute Gasteiger partial charge is 0.381 e. The molecule has 0 amide bonds. The van der Waals surface area contributed by atoms with Gasteiger partial charge in [-0.1, -0.05) is 18.2 Å². The summed E-state index contributed by atoms with van der Waals surface area (Å²) in [5.74, 6) is -0.0243. The van der Waals surface area contributed by atoms with Crippen LogP contribution in [0.4, 0.5) is 4.39 Å². The van der Waals surface area contributed by atoms with Crippen molar-refractivity contribution in [1.82, 2.24) is 0 Å². The van der Waals surface area contributed by atoms with Gasteiger partial charge < -0.3 is 10.5 Å². The van der Waals surface area contributed by atoms with E-state index in [0.29, 0.717) is 12.2 Å². The molecule has 15 heavy (non-hydrogen) atoms. The summed E-state index contributed by atoms with van der Waals surface area (Å²) in [5, 5.41) is 0. The van der Waals surface area contributed by atoms with Crippen molar-refractivity contribution in [2.24, 2.45) is 11.7 Å². The summed E-state index contributed by atoms with van der Waals surface area (Å²) in [5.41, 5.74) is 6.17. The Kier molecular flexibility index (Phi) is 2.76. The molecule has 2 nitrogen and oxygen atoms in total. The first-order chi connectivity index (χ1) is 7.12. The SMILES string of the molecule is CC(N)(c1ccccc1F)C1CCOC1. The Bertz CT molecular complexity index is 345. The summed E-state index contributed by atoms with van der Waals surface area (Å²) in [7, 11) is 0. The molecule has 2 N–H and O–H groups in total. The first-order valence-corrected chi connectivity index (χ1v) is 5.24. The van der Waals surface area contributed by atoms with Gasteiger partial charge in [-0.25, -0.2) is 4.39 Å². The Balaban J connectivity index is 2.31. The van der Waals surface area contributed by atoms with Gasteiger partial charge in [0.05, 0.1) is 6.61 Å². The van der Waals surface area contributed by atoms with Crippen molar-refractivity contribution in [2.45, 2.75) is 18.9 Å². The average molecular weight is 209 g/mol. The van der Waals surface area contributed by atoms with Gasteiger partial charge in [0, 0.05) is 23.6 Å². The van der Waals surface area contributed by atoms with Gasteiger partial charge in [0.1, 0.15) is 5.82 Å². The Morgan fingerprint density at radius 1 is 1.47 bits per heavy atom. The van der Waals surface area contributed by atoms with E-state index in [1.165, 1.54) is 6.07 Å². The maximum Gasteiger partial charge on any atom is 0.128 e. The number of benzene rings is 1. The molecule has 0 bridgehead atoms. The maximum absolute atomic E-state index is 13.6. The molecule has 2 rings (SSSR count). The van der Waals surface area contributed by atoms with Crippen molar-refractivity contribution in [3.8, 4) is 0 Å². The van der Waals surface area contributed by atoms with Crippen LogP contribution in [0.25, 0.3) is 0 Å². The third-order valence-electron chi connectivity index (χ3n) is 3.23. The minimum absolute atomic E-state index is 0.203. The number of hydrogen-bond acceptors (Lipinski definition) is 2. The normalized spacial score (nSPS) is 25.1. The predicted molar refractivity (Wildman–Crippen MR) is 56.9 cm³/mol. The first kappa shape index (κ1) is 10.6. The lowest BCUT2D eigenvalue weighted by molar-refractivity contribution is 0.165. The highest BCUT2D eigenvalue weighted by molar-refractivity contribution is 5.26. The Morgan fingerprint density at radius 2 is 2.20 bits per heavy atom. The zero-order valence-corrected chi connectivity index (χ0v) is 8.87. The molecule has 1 fully saturated rings. The van der Waals surface area contributed by atoms with Crippen LogP contribution < -0.4 is 5.73 Å².